The molecule has 6 N–H and O–H groups in total. The number of carbonyl (C=O) groups is 1. The molecule has 0 aromatic heterocycles. The maximum Gasteiger partial charge on any atom is 0.325 e. The van der Waals surface area contributed by atoms with Crippen LogP contribution in [-0.4, -0.2) is 42.6 Å². The van der Waals surface area contributed by atoms with Crippen LogP contribution >= 0.6 is 7.60 Å². The first-order valence-corrected chi connectivity index (χ1v) is 10.9. The van der Waals surface area contributed by atoms with Crippen LogP contribution in [0, 0.1) is 0 Å². The van der Waals surface area contributed by atoms with Crippen molar-refractivity contribution in [3.63, 3.8) is 0 Å². The fourth-order valence-electron chi connectivity index (χ4n) is 1.39. The largest absolute Gasteiger partial charge is 0.426 e. The van der Waals surface area contributed by atoms with E-state index in [1.54, 1.807) is 31.4 Å². The second-order valence-electron chi connectivity index (χ2n) is 4.72. The van der Waals surface area contributed by atoms with Crippen molar-refractivity contribution in [3.8, 4) is 0 Å². The SMILES string of the molecule is C=C(NC)NCCCP(=O)(O)O.C=CC(C=C)=C(/C=C\C)OC(C)=O.CC.CN. The van der Waals surface area contributed by atoms with Gasteiger partial charge in [0, 0.05) is 26.1 Å². The maximum atomic E-state index is 10.7. The third-order valence-electron chi connectivity index (χ3n) is 2.56. The molecule has 0 aromatic rings. The standard InChI is InChI=1S/C11H14O2.C6H15N2O3P.C2H6.CH5N/c1-5-8-11(13-9(4)12)10(6-2)7-3;1-6(7-2)8-4-3-5-12(9,10)11;2*1-2/h5-8H,2-3H2,1,4H3;7-8H,1,3-5H2,2H3,(H2,9,10,11);1-2H3;2H2,1H3/b8-5-;;;. The molecule has 9 heteroatoms. The number of rotatable bonds is 10. The van der Waals surface area contributed by atoms with E-state index in [1.165, 1.54) is 14.0 Å². The van der Waals surface area contributed by atoms with Crippen molar-refractivity contribution >= 4 is 13.6 Å². The molecule has 0 bridgehead atoms. The summed E-state index contributed by atoms with van der Waals surface area (Å²) >= 11 is 0. The Hall–Kier alpha value is -2.12. The van der Waals surface area contributed by atoms with E-state index in [0.29, 0.717) is 30.1 Å². The molecule has 0 saturated heterocycles. The van der Waals surface area contributed by atoms with Crippen LogP contribution in [0.25, 0.3) is 0 Å². The summed E-state index contributed by atoms with van der Waals surface area (Å²) in [5, 5.41) is 5.62. The van der Waals surface area contributed by atoms with Gasteiger partial charge < -0.3 is 30.9 Å². The van der Waals surface area contributed by atoms with Gasteiger partial charge in [-0.3, -0.25) is 9.36 Å². The molecule has 0 aliphatic carbocycles. The Morgan fingerprint density at radius 1 is 1.21 bits per heavy atom. The fourth-order valence-corrected chi connectivity index (χ4v) is 1.96. The average Bonchev–Trinajstić information content (AvgIpc) is 2.68. The number of hydrogen-bond donors (Lipinski definition) is 5. The lowest BCUT2D eigenvalue weighted by Crippen LogP contribution is -2.23. The second-order valence-corrected chi connectivity index (χ2v) is 6.50. The first-order valence-electron chi connectivity index (χ1n) is 9.14. The molecule has 29 heavy (non-hydrogen) atoms. The van der Waals surface area contributed by atoms with E-state index in [2.05, 4.69) is 36.1 Å². The van der Waals surface area contributed by atoms with Crippen LogP contribution < -0.4 is 16.4 Å². The molecular weight excluding hydrogens is 393 g/mol. The summed E-state index contributed by atoms with van der Waals surface area (Å²) in [7, 11) is -0.604. The van der Waals surface area contributed by atoms with Gasteiger partial charge in [-0.05, 0) is 26.5 Å². The van der Waals surface area contributed by atoms with E-state index in [0.717, 1.165) is 0 Å². The van der Waals surface area contributed by atoms with E-state index < -0.39 is 7.60 Å². The molecule has 0 heterocycles. The molecule has 0 fully saturated rings. The molecular formula is C20H40N3O5P. The molecule has 0 amide bonds. The van der Waals surface area contributed by atoms with Crippen LogP contribution in [0.3, 0.4) is 0 Å². The Labute approximate surface area is 176 Å². The van der Waals surface area contributed by atoms with Crippen LogP contribution in [0.4, 0.5) is 0 Å². The zero-order valence-electron chi connectivity index (χ0n) is 18.7. The third-order valence-corrected chi connectivity index (χ3v) is 3.46. The minimum absolute atomic E-state index is 0.0863. The van der Waals surface area contributed by atoms with Crippen LogP contribution in [0.5, 0.6) is 0 Å². The number of carbonyl (C=O) groups excluding carboxylic acids is 1. The lowest BCUT2D eigenvalue weighted by atomic mass is 10.2. The topological polar surface area (TPSA) is 134 Å². The number of hydrogen-bond acceptors (Lipinski definition) is 6. The molecule has 0 aliphatic heterocycles. The highest BCUT2D eigenvalue weighted by molar-refractivity contribution is 7.51. The second kappa shape index (κ2) is 23.9. The third kappa shape index (κ3) is 28.2. The summed E-state index contributed by atoms with van der Waals surface area (Å²) in [6, 6.07) is 0. The molecule has 0 rings (SSSR count). The molecule has 0 aliphatic rings. The molecule has 170 valence electrons. The van der Waals surface area contributed by atoms with E-state index in [1.807, 2.05) is 20.8 Å². The van der Waals surface area contributed by atoms with Gasteiger partial charge in [0.1, 0.15) is 5.76 Å². The minimum atomic E-state index is -3.82. The Morgan fingerprint density at radius 2 is 1.69 bits per heavy atom. The van der Waals surface area contributed by atoms with Crippen molar-refractivity contribution in [1.29, 1.82) is 0 Å². The van der Waals surface area contributed by atoms with E-state index in [9.17, 15) is 9.36 Å². The van der Waals surface area contributed by atoms with Gasteiger partial charge in [0.15, 0.2) is 0 Å². The lowest BCUT2D eigenvalue weighted by molar-refractivity contribution is -0.136. The zero-order chi connectivity index (χ0) is 23.9. The molecule has 0 spiro atoms. The molecule has 0 saturated carbocycles. The Balaban J connectivity index is -0.000000184. The molecule has 0 atom stereocenters. The van der Waals surface area contributed by atoms with Gasteiger partial charge in [0.2, 0.25) is 0 Å². The summed E-state index contributed by atoms with van der Waals surface area (Å²) in [6.07, 6.45) is 7.00. The van der Waals surface area contributed by atoms with Gasteiger partial charge in [-0.1, -0.05) is 51.8 Å². The first kappa shape index (κ1) is 34.4. The van der Waals surface area contributed by atoms with Gasteiger partial charge in [0.25, 0.3) is 0 Å². The molecule has 0 radical (unpaired) electrons. The average molecular weight is 434 g/mol. The van der Waals surface area contributed by atoms with Gasteiger partial charge in [-0.25, -0.2) is 0 Å². The van der Waals surface area contributed by atoms with Crippen LogP contribution in [0.15, 0.2) is 61.2 Å². The monoisotopic (exact) mass is 433 g/mol. The Kier molecular flexibility index (Phi) is 28.4. The summed E-state index contributed by atoms with van der Waals surface area (Å²) in [5.41, 5.74) is 5.20. The van der Waals surface area contributed by atoms with E-state index in [4.69, 9.17) is 14.5 Å². The molecule has 0 unspecified atom stereocenters. The molecule has 8 nitrogen and oxygen atoms in total. The smallest absolute Gasteiger partial charge is 0.325 e. The number of esters is 1. The van der Waals surface area contributed by atoms with Gasteiger partial charge in [0.05, 0.1) is 12.0 Å². The van der Waals surface area contributed by atoms with Crippen molar-refractivity contribution in [2.75, 3.05) is 26.8 Å². The van der Waals surface area contributed by atoms with Gasteiger partial charge in [-0.2, -0.15) is 0 Å². The zero-order valence-corrected chi connectivity index (χ0v) is 19.6. The van der Waals surface area contributed by atoms with Crippen molar-refractivity contribution < 1.29 is 23.9 Å². The highest BCUT2D eigenvalue weighted by Crippen LogP contribution is 2.34. The first-order chi connectivity index (χ1) is 13.6. The Bertz CT molecular complexity index is 556. The Morgan fingerprint density at radius 3 is 2.00 bits per heavy atom. The fraction of sp³-hybridized carbons (Fsp3) is 0.450. The highest BCUT2D eigenvalue weighted by atomic mass is 31.2. The highest BCUT2D eigenvalue weighted by Gasteiger charge is 2.10. The quantitative estimate of drug-likeness (QED) is 0.117. The van der Waals surface area contributed by atoms with E-state index in [-0.39, 0.29) is 12.1 Å². The van der Waals surface area contributed by atoms with E-state index >= 15 is 0 Å². The summed E-state index contributed by atoms with van der Waals surface area (Å²) < 4.78 is 15.3. The van der Waals surface area contributed by atoms with Crippen molar-refractivity contribution in [1.82, 2.24) is 10.6 Å². The molecule has 0 aromatic carbocycles. The summed E-state index contributed by atoms with van der Waals surface area (Å²) in [5.74, 6) is 0.773. The maximum absolute atomic E-state index is 10.7. The minimum Gasteiger partial charge on any atom is -0.426 e. The van der Waals surface area contributed by atoms with Crippen LogP contribution in [0.2, 0.25) is 0 Å². The predicted molar refractivity (Wildman–Crippen MR) is 123 cm³/mol. The number of ether oxygens (including phenoxy) is 1. The number of nitrogens with one attached hydrogen (secondary N) is 2. The normalized spacial score (nSPS) is 9.14. The van der Waals surface area contributed by atoms with Crippen LogP contribution in [0.1, 0.15) is 34.1 Å². The van der Waals surface area contributed by atoms with Crippen molar-refractivity contribution in [3.05, 3.63) is 61.2 Å². The number of nitrogens with two attached hydrogens (primary N) is 1. The van der Waals surface area contributed by atoms with Crippen molar-refractivity contribution in [2.45, 2.75) is 34.1 Å². The predicted octanol–water partition coefficient (Wildman–Crippen LogP) is 3.19. The van der Waals surface area contributed by atoms with Crippen LogP contribution in [-0.2, 0) is 14.1 Å². The van der Waals surface area contributed by atoms with Gasteiger partial charge in [-0.15, -0.1) is 0 Å². The van der Waals surface area contributed by atoms with Crippen molar-refractivity contribution in [2.24, 2.45) is 5.73 Å². The van der Waals surface area contributed by atoms with Gasteiger partial charge >= 0.3 is 13.6 Å². The summed E-state index contributed by atoms with van der Waals surface area (Å²) in [6.45, 7) is 18.5. The number of allylic oxidation sites excluding steroid dienone is 5. The lowest BCUT2D eigenvalue weighted by Gasteiger charge is -2.08. The summed E-state index contributed by atoms with van der Waals surface area (Å²) in [4.78, 5) is 27.7.